The van der Waals surface area contributed by atoms with Gasteiger partial charge >= 0.3 is 0 Å². The van der Waals surface area contributed by atoms with Crippen molar-refractivity contribution in [3.05, 3.63) is 89.7 Å². The van der Waals surface area contributed by atoms with Crippen LogP contribution in [0.25, 0.3) is 0 Å². The van der Waals surface area contributed by atoms with Crippen molar-refractivity contribution in [2.75, 3.05) is 4.72 Å². The van der Waals surface area contributed by atoms with Crippen molar-refractivity contribution in [2.24, 2.45) is 0 Å². The van der Waals surface area contributed by atoms with Crippen LogP contribution in [-0.4, -0.2) is 25.2 Å². The number of aryl methyl sites for hydroxylation is 1. The Bertz CT molecular complexity index is 1130. The number of hydrazine groups is 1. The highest BCUT2D eigenvalue weighted by Gasteiger charge is 2.16. The lowest BCUT2D eigenvalue weighted by Gasteiger charge is -2.11. The molecule has 2 amide bonds. The fourth-order valence-corrected chi connectivity index (χ4v) is 3.57. The topological polar surface area (TPSA) is 117 Å². The highest BCUT2D eigenvalue weighted by Crippen LogP contribution is 2.19. The van der Waals surface area contributed by atoms with Crippen molar-refractivity contribution in [3.8, 4) is 0 Å². The van der Waals surface area contributed by atoms with Crippen molar-refractivity contribution < 1.29 is 18.0 Å². The number of para-hydroxylation sites is 1. The molecule has 0 aliphatic carbocycles. The molecule has 0 atom stereocenters. The Morgan fingerprint density at radius 2 is 1.34 bits per heavy atom. The van der Waals surface area contributed by atoms with Crippen LogP contribution in [0.4, 0.5) is 5.69 Å². The molecule has 0 aliphatic heterocycles. The van der Waals surface area contributed by atoms with Crippen LogP contribution in [-0.2, 0) is 10.0 Å². The molecule has 0 unspecified atom stereocenters. The third-order valence-corrected chi connectivity index (χ3v) is 5.43. The molecule has 148 valence electrons. The molecule has 2 aromatic carbocycles. The summed E-state index contributed by atoms with van der Waals surface area (Å²) in [5.41, 5.74) is 6.36. The van der Waals surface area contributed by atoms with Crippen molar-refractivity contribution in [3.63, 3.8) is 0 Å². The molecule has 8 nitrogen and oxygen atoms in total. The number of benzene rings is 2. The van der Waals surface area contributed by atoms with Crippen molar-refractivity contribution in [1.82, 2.24) is 15.8 Å². The second kappa shape index (κ2) is 8.53. The Labute approximate surface area is 168 Å². The summed E-state index contributed by atoms with van der Waals surface area (Å²) in [6, 6.07) is 15.4. The van der Waals surface area contributed by atoms with Crippen LogP contribution in [0.3, 0.4) is 0 Å². The minimum absolute atomic E-state index is 0.0122. The molecule has 0 fully saturated rings. The van der Waals surface area contributed by atoms with E-state index in [0.29, 0.717) is 11.3 Å². The van der Waals surface area contributed by atoms with Gasteiger partial charge in [-0.15, -0.1) is 0 Å². The molecular weight excluding hydrogens is 392 g/mol. The largest absolute Gasteiger partial charge is 0.279 e. The number of carbonyl (C=O) groups excluding carboxylic acids is 2. The van der Waals surface area contributed by atoms with E-state index in [1.807, 2.05) is 6.07 Å². The molecule has 0 bridgehead atoms. The molecule has 29 heavy (non-hydrogen) atoms. The molecule has 3 N–H and O–H groups in total. The molecule has 3 rings (SSSR count). The van der Waals surface area contributed by atoms with Crippen LogP contribution in [0, 0.1) is 6.92 Å². The number of amides is 2. The maximum Gasteiger partial charge on any atom is 0.269 e. The fourth-order valence-electron chi connectivity index (χ4n) is 2.44. The van der Waals surface area contributed by atoms with Gasteiger partial charge in [-0.3, -0.25) is 30.1 Å². The average molecular weight is 410 g/mol. The van der Waals surface area contributed by atoms with Gasteiger partial charge in [-0.2, -0.15) is 0 Å². The van der Waals surface area contributed by atoms with Crippen LogP contribution in [0.5, 0.6) is 0 Å². The number of nitrogens with zero attached hydrogens (tertiary/aromatic N) is 1. The first-order valence-electron chi connectivity index (χ1n) is 8.56. The Kier molecular flexibility index (Phi) is 5.89. The summed E-state index contributed by atoms with van der Waals surface area (Å²) in [7, 11) is -3.80. The number of hydrogen-bond acceptors (Lipinski definition) is 5. The number of anilines is 1. The highest BCUT2D eigenvalue weighted by molar-refractivity contribution is 7.92. The summed E-state index contributed by atoms with van der Waals surface area (Å²) in [6.45, 7) is 1.80. The lowest BCUT2D eigenvalue weighted by atomic mass is 10.2. The Morgan fingerprint density at radius 1 is 0.793 bits per heavy atom. The number of hydrogen-bond donors (Lipinski definition) is 3. The summed E-state index contributed by atoms with van der Waals surface area (Å²) in [5.74, 6) is -1.08. The van der Waals surface area contributed by atoms with Gasteiger partial charge in [0.2, 0.25) is 0 Å². The molecular formula is C20H18N4O4S. The maximum atomic E-state index is 12.5. The van der Waals surface area contributed by atoms with E-state index in [0.717, 1.165) is 5.56 Å². The molecule has 1 heterocycles. The van der Waals surface area contributed by atoms with Gasteiger partial charge < -0.3 is 0 Å². The number of carbonyl (C=O) groups is 2. The molecule has 3 aromatic rings. The fraction of sp³-hybridized carbons (Fsp3) is 0.0500. The summed E-state index contributed by atoms with van der Waals surface area (Å²) < 4.78 is 27.6. The van der Waals surface area contributed by atoms with E-state index >= 15 is 0 Å². The predicted octanol–water partition coefficient (Wildman–Crippen LogP) is 2.27. The van der Waals surface area contributed by atoms with Gasteiger partial charge in [0, 0.05) is 23.5 Å². The van der Waals surface area contributed by atoms with Gasteiger partial charge in [0.25, 0.3) is 21.8 Å². The maximum absolute atomic E-state index is 12.5. The SMILES string of the molecule is Cc1ccccc1NS(=O)(=O)c1ccc(C(=O)NNC(=O)c2ccncc2)cc1. The summed E-state index contributed by atoms with van der Waals surface area (Å²) in [6.07, 6.45) is 2.92. The highest BCUT2D eigenvalue weighted by atomic mass is 32.2. The zero-order valence-electron chi connectivity index (χ0n) is 15.4. The van der Waals surface area contributed by atoms with Gasteiger partial charge in [-0.25, -0.2) is 8.42 Å². The second-order valence-electron chi connectivity index (χ2n) is 6.09. The number of pyridine rings is 1. The third kappa shape index (κ3) is 4.96. The minimum atomic E-state index is -3.80. The van der Waals surface area contributed by atoms with Crippen LogP contribution in [0.2, 0.25) is 0 Å². The Morgan fingerprint density at radius 3 is 1.93 bits per heavy atom. The Hall–Kier alpha value is -3.72. The standard InChI is InChI=1S/C20H18N4O4S/c1-14-4-2-3-5-18(14)24-29(27,28)17-8-6-15(7-9-17)19(25)22-23-20(26)16-10-12-21-13-11-16/h2-13,24H,1H3,(H,22,25)(H,23,26). The van der Waals surface area contributed by atoms with E-state index < -0.39 is 21.8 Å². The molecule has 0 radical (unpaired) electrons. The first kappa shape index (κ1) is 20.0. The number of sulfonamides is 1. The third-order valence-electron chi connectivity index (χ3n) is 4.05. The normalized spacial score (nSPS) is 10.8. The quantitative estimate of drug-likeness (QED) is 0.558. The molecule has 0 saturated heterocycles. The lowest BCUT2D eigenvalue weighted by molar-refractivity contribution is 0.0846. The van der Waals surface area contributed by atoms with Crippen molar-refractivity contribution >= 4 is 27.5 Å². The monoisotopic (exact) mass is 410 g/mol. The van der Waals surface area contributed by atoms with Crippen LogP contribution < -0.4 is 15.6 Å². The van der Waals surface area contributed by atoms with Crippen molar-refractivity contribution in [2.45, 2.75) is 11.8 Å². The van der Waals surface area contributed by atoms with Gasteiger partial charge in [0.15, 0.2) is 0 Å². The Balaban J connectivity index is 1.65. The van der Waals surface area contributed by atoms with E-state index in [4.69, 9.17) is 0 Å². The zero-order chi connectivity index (χ0) is 20.9. The van der Waals surface area contributed by atoms with Crippen LogP contribution in [0.15, 0.2) is 78.0 Å². The van der Waals surface area contributed by atoms with Gasteiger partial charge in [0.1, 0.15) is 0 Å². The lowest BCUT2D eigenvalue weighted by Crippen LogP contribution is -2.41. The smallest absolute Gasteiger partial charge is 0.269 e. The number of rotatable bonds is 5. The zero-order valence-corrected chi connectivity index (χ0v) is 16.2. The first-order chi connectivity index (χ1) is 13.9. The van der Waals surface area contributed by atoms with Crippen molar-refractivity contribution in [1.29, 1.82) is 0 Å². The molecule has 0 spiro atoms. The van der Waals surface area contributed by atoms with Gasteiger partial charge in [0.05, 0.1) is 10.6 Å². The van der Waals surface area contributed by atoms with E-state index in [1.54, 1.807) is 25.1 Å². The van der Waals surface area contributed by atoms with Crippen LogP contribution in [0.1, 0.15) is 26.3 Å². The average Bonchev–Trinajstić information content (AvgIpc) is 2.74. The number of nitrogens with one attached hydrogen (secondary N) is 3. The minimum Gasteiger partial charge on any atom is -0.279 e. The molecule has 0 saturated carbocycles. The summed E-state index contributed by atoms with van der Waals surface area (Å²) in [4.78, 5) is 27.9. The summed E-state index contributed by atoms with van der Waals surface area (Å²) in [5, 5.41) is 0. The second-order valence-corrected chi connectivity index (χ2v) is 7.77. The van der Waals surface area contributed by atoms with E-state index in [-0.39, 0.29) is 10.5 Å². The van der Waals surface area contributed by atoms with Gasteiger partial charge in [-0.1, -0.05) is 18.2 Å². The molecule has 1 aromatic heterocycles. The number of aromatic nitrogens is 1. The first-order valence-corrected chi connectivity index (χ1v) is 10.0. The van der Waals surface area contributed by atoms with E-state index in [2.05, 4.69) is 20.6 Å². The predicted molar refractivity (Wildman–Crippen MR) is 108 cm³/mol. The van der Waals surface area contributed by atoms with E-state index in [1.165, 1.54) is 48.8 Å². The molecule has 0 aliphatic rings. The summed E-state index contributed by atoms with van der Waals surface area (Å²) >= 11 is 0. The van der Waals surface area contributed by atoms with Crippen LogP contribution >= 0.6 is 0 Å². The van der Waals surface area contributed by atoms with E-state index in [9.17, 15) is 18.0 Å². The van der Waals surface area contributed by atoms with Gasteiger partial charge in [-0.05, 0) is 55.0 Å². The molecule has 9 heteroatoms.